The number of carbonyl (C=O) groups excluding carboxylic acids is 2. The molecule has 1 aliphatic rings. The van der Waals surface area contributed by atoms with E-state index in [0.29, 0.717) is 29.5 Å². The Bertz CT molecular complexity index is 2380. The van der Waals surface area contributed by atoms with Gasteiger partial charge in [-0.2, -0.15) is 0 Å². The summed E-state index contributed by atoms with van der Waals surface area (Å²) in [5, 5.41) is 14.8. The van der Waals surface area contributed by atoms with Crippen LogP contribution in [0.25, 0.3) is 44.6 Å². The van der Waals surface area contributed by atoms with Crippen LogP contribution in [0.3, 0.4) is 0 Å². The van der Waals surface area contributed by atoms with Crippen LogP contribution in [0.1, 0.15) is 41.8 Å². The summed E-state index contributed by atoms with van der Waals surface area (Å²) in [7, 11) is 3.12. The second-order valence-corrected chi connectivity index (χ2v) is 13.8. The number of anilines is 1. The first kappa shape index (κ1) is 42.8. The van der Waals surface area contributed by atoms with Gasteiger partial charge in [0.25, 0.3) is 0 Å². The van der Waals surface area contributed by atoms with Gasteiger partial charge in [0, 0.05) is 48.1 Å². The van der Waals surface area contributed by atoms with E-state index in [0.717, 1.165) is 28.9 Å². The van der Waals surface area contributed by atoms with E-state index < -0.39 is 30.5 Å². The van der Waals surface area contributed by atoms with E-state index in [2.05, 4.69) is 35.5 Å². The minimum atomic E-state index is -0.956. The van der Waals surface area contributed by atoms with Crippen LogP contribution >= 0.6 is 0 Å². The van der Waals surface area contributed by atoms with Gasteiger partial charge in [-0.3, -0.25) is 10.1 Å². The van der Waals surface area contributed by atoms with Gasteiger partial charge >= 0.3 is 6.09 Å². The zero-order valence-electron chi connectivity index (χ0n) is 34.1. The van der Waals surface area contributed by atoms with Crippen molar-refractivity contribution in [2.75, 3.05) is 26.1 Å². The Labute approximate surface area is 346 Å². The van der Waals surface area contributed by atoms with Crippen LogP contribution < -0.4 is 5.32 Å². The fourth-order valence-corrected chi connectivity index (χ4v) is 6.33. The number of aryl methyl sites for hydroxylation is 2. The molecule has 6 aromatic rings. The molecular formula is C43H46N10O7. The van der Waals surface area contributed by atoms with Crippen molar-refractivity contribution in [1.29, 1.82) is 0 Å². The summed E-state index contributed by atoms with van der Waals surface area (Å²) in [5.41, 5.74) is 14.9. The number of hydrogen-bond donors (Lipinski definition) is 1. The van der Waals surface area contributed by atoms with Gasteiger partial charge in [-0.25, -0.2) is 24.1 Å². The monoisotopic (exact) mass is 814 g/mol. The maximum absolute atomic E-state index is 12.7. The van der Waals surface area contributed by atoms with E-state index in [9.17, 15) is 9.59 Å². The van der Waals surface area contributed by atoms with Crippen molar-refractivity contribution >= 4 is 17.7 Å². The first-order valence-corrected chi connectivity index (χ1v) is 19.2. The number of carbonyl (C=O) groups is 2. The molecule has 60 heavy (non-hydrogen) atoms. The fourth-order valence-electron chi connectivity index (χ4n) is 6.33. The Kier molecular flexibility index (Phi) is 14.5. The molecule has 1 saturated heterocycles. The third-order valence-electron chi connectivity index (χ3n) is 9.51. The molecule has 0 aliphatic carbocycles. The third-order valence-corrected chi connectivity index (χ3v) is 9.51. The third kappa shape index (κ3) is 10.6. The van der Waals surface area contributed by atoms with Crippen LogP contribution in [0.4, 0.5) is 10.5 Å². The largest absolute Gasteiger partial charge is 0.416 e. The van der Waals surface area contributed by atoms with Gasteiger partial charge in [0.1, 0.15) is 31.0 Å². The summed E-state index contributed by atoms with van der Waals surface area (Å²) in [4.78, 5) is 35.3. The number of amides is 2. The number of nitrogens with zero attached hydrogens (tertiary/aromatic N) is 9. The van der Waals surface area contributed by atoms with Gasteiger partial charge in [-0.1, -0.05) is 66.6 Å². The highest BCUT2D eigenvalue weighted by molar-refractivity contribution is 5.95. The Hall–Kier alpha value is -6.75. The van der Waals surface area contributed by atoms with Gasteiger partial charge in [-0.15, -0.1) is 10.2 Å². The standard InChI is InChI=1S/C27H34N4O6.C16H12N6O/c1-6-15-35-23-22(33-4)18(3)36-26(24(23)34-5)37-27(32)29-20-11-9-19(10-12-20)25-28-16-31(30-25)21-13-7-17(2)8-14-21;1-11-2-8-14(9-3-11)22-10-18-15(20-22)12-4-6-13(7-5-12)16(23)19-21-17/h7-14,16,18,22-24,26H,6,15H2,1-5H3,(H,29,32);2-10H,1H3/t18-,22-,23+,24+,26-;/m0./s1. The lowest BCUT2D eigenvalue weighted by molar-refractivity contribution is -0.292. The van der Waals surface area contributed by atoms with Crippen LogP contribution in [0.2, 0.25) is 0 Å². The normalized spacial score (nSPS) is 18.4. The lowest BCUT2D eigenvalue weighted by atomic mass is 9.99. The fraction of sp³-hybridized carbons (Fsp3) is 0.302. The molecule has 3 heterocycles. The van der Waals surface area contributed by atoms with Crippen molar-refractivity contribution in [3.63, 3.8) is 0 Å². The smallest absolute Gasteiger partial charge is 0.414 e. The Morgan fingerprint density at radius 2 is 1.28 bits per heavy atom. The quantitative estimate of drug-likeness (QED) is 0.0711. The van der Waals surface area contributed by atoms with E-state index in [1.54, 1.807) is 65.5 Å². The summed E-state index contributed by atoms with van der Waals surface area (Å²) in [6.07, 6.45) is 0.728. The number of hydrogen-bond acceptors (Lipinski definition) is 11. The maximum Gasteiger partial charge on any atom is 0.414 e. The summed E-state index contributed by atoms with van der Waals surface area (Å²) >= 11 is 0. The van der Waals surface area contributed by atoms with E-state index in [-0.39, 0.29) is 12.2 Å². The first-order valence-electron chi connectivity index (χ1n) is 19.2. The summed E-state index contributed by atoms with van der Waals surface area (Å²) in [6.45, 7) is 8.46. The molecule has 0 spiro atoms. The van der Waals surface area contributed by atoms with Crippen molar-refractivity contribution in [3.05, 3.63) is 137 Å². The van der Waals surface area contributed by atoms with E-state index >= 15 is 0 Å². The molecule has 4 aromatic carbocycles. The van der Waals surface area contributed by atoms with E-state index in [4.69, 9.17) is 29.2 Å². The highest BCUT2D eigenvalue weighted by atomic mass is 16.7. The average molecular weight is 815 g/mol. The highest BCUT2D eigenvalue weighted by Gasteiger charge is 2.47. The topological polar surface area (TPSA) is 203 Å². The zero-order valence-corrected chi connectivity index (χ0v) is 34.1. The number of azide groups is 1. The Balaban J connectivity index is 0.000000224. The molecule has 0 radical (unpaired) electrons. The average Bonchev–Trinajstić information content (AvgIpc) is 3.96. The molecular weight excluding hydrogens is 769 g/mol. The summed E-state index contributed by atoms with van der Waals surface area (Å²) in [6, 6.07) is 29.8. The highest BCUT2D eigenvalue weighted by Crippen LogP contribution is 2.29. The number of ether oxygens (including phenoxy) is 5. The summed E-state index contributed by atoms with van der Waals surface area (Å²) < 4.78 is 32.0. The Morgan fingerprint density at radius 1 is 0.767 bits per heavy atom. The van der Waals surface area contributed by atoms with Gasteiger partial charge in [-0.05, 0) is 86.4 Å². The number of nitrogens with one attached hydrogen (secondary N) is 1. The van der Waals surface area contributed by atoms with Gasteiger partial charge < -0.3 is 23.7 Å². The molecule has 1 aliphatic heterocycles. The SMILES string of the molecule is CCCO[C@@H]1[C@@H](OC)[C@H](C)O[C@@H](OC(=O)Nc2ccc(-c3ncn(-c4ccc(C)cc4)n3)cc2)[C@@H]1OC.Cc1ccc(-n2cnc(-c3ccc(C(=O)N=[N+]=[N-])cc3)n2)cc1. The molecule has 2 aromatic heterocycles. The lowest BCUT2D eigenvalue weighted by Gasteiger charge is -2.43. The molecule has 0 saturated carbocycles. The molecule has 1 fully saturated rings. The number of benzene rings is 4. The molecule has 17 heteroatoms. The minimum Gasteiger partial charge on any atom is -0.416 e. The van der Waals surface area contributed by atoms with Crippen LogP contribution in [0.15, 0.2) is 115 Å². The van der Waals surface area contributed by atoms with Gasteiger partial charge in [0.2, 0.25) is 12.2 Å². The van der Waals surface area contributed by atoms with Crippen LogP contribution in [-0.2, 0) is 23.7 Å². The van der Waals surface area contributed by atoms with Gasteiger partial charge in [0.15, 0.2) is 11.6 Å². The predicted molar refractivity (Wildman–Crippen MR) is 223 cm³/mol. The molecule has 2 amide bonds. The lowest BCUT2D eigenvalue weighted by Crippen LogP contribution is -2.60. The van der Waals surface area contributed by atoms with Crippen molar-refractivity contribution in [1.82, 2.24) is 29.5 Å². The molecule has 17 nitrogen and oxygen atoms in total. The van der Waals surface area contributed by atoms with Crippen LogP contribution in [0, 0.1) is 13.8 Å². The molecule has 0 unspecified atom stereocenters. The van der Waals surface area contributed by atoms with Crippen molar-refractivity contribution in [2.45, 2.75) is 64.8 Å². The number of rotatable bonds is 12. The van der Waals surface area contributed by atoms with Crippen LogP contribution in [-0.4, -0.2) is 93.1 Å². The minimum absolute atomic E-state index is 0.324. The number of aromatic nitrogens is 6. The second-order valence-electron chi connectivity index (χ2n) is 13.8. The molecule has 0 bridgehead atoms. The number of methoxy groups -OCH3 is 2. The van der Waals surface area contributed by atoms with Gasteiger partial charge in [0.05, 0.1) is 17.5 Å². The van der Waals surface area contributed by atoms with Crippen molar-refractivity contribution < 1.29 is 33.3 Å². The maximum atomic E-state index is 12.7. The molecule has 1 N–H and O–H groups in total. The molecule has 310 valence electrons. The van der Waals surface area contributed by atoms with E-state index in [1.165, 1.54) is 18.2 Å². The molecule has 7 rings (SSSR count). The van der Waals surface area contributed by atoms with Crippen molar-refractivity contribution in [2.24, 2.45) is 5.11 Å². The second kappa shape index (κ2) is 20.3. The summed E-state index contributed by atoms with van der Waals surface area (Å²) in [5.74, 6) is 0.513. The molecule has 5 atom stereocenters. The first-order chi connectivity index (χ1) is 29.1. The zero-order chi connectivity index (χ0) is 42.6. The van der Waals surface area contributed by atoms with Crippen molar-refractivity contribution in [3.8, 4) is 34.2 Å². The Morgan fingerprint density at radius 3 is 1.77 bits per heavy atom. The van der Waals surface area contributed by atoms with E-state index in [1.807, 2.05) is 88.4 Å². The predicted octanol–water partition coefficient (Wildman–Crippen LogP) is 8.05. The van der Waals surface area contributed by atoms with Crippen LogP contribution in [0.5, 0.6) is 0 Å².